The lowest BCUT2D eigenvalue weighted by atomic mass is 10.3. The quantitative estimate of drug-likeness (QED) is 0.730. The number of hydrogen-bond acceptors (Lipinski definition) is 6. The molecule has 0 aromatic carbocycles. The van der Waals surface area contributed by atoms with Crippen LogP contribution in [-0.2, 0) is 0 Å². The first kappa shape index (κ1) is 15.2. The maximum absolute atomic E-state index is 12.0. The second-order valence-electron chi connectivity index (χ2n) is 3.93. The molecule has 0 saturated heterocycles. The van der Waals surface area contributed by atoms with E-state index in [1.54, 1.807) is 0 Å². The summed E-state index contributed by atoms with van der Waals surface area (Å²) in [6.45, 7) is 7.45. The standard InChI is InChI=1S/C12H21N5O2/c1-4-17(5-2)7-6-14-10(18)9-8-15-12(13)16-11(9)19-3/h8H,4-7H2,1-3H3,(H,14,18)(H2,13,15,16). The van der Waals surface area contributed by atoms with Crippen LogP contribution in [0.4, 0.5) is 5.95 Å². The predicted molar refractivity (Wildman–Crippen MR) is 73.1 cm³/mol. The number of aromatic nitrogens is 2. The van der Waals surface area contributed by atoms with Crippen LogP contribution in [0.25, 0.3) is 0 Å². The summed E-state index contributed by atoms with van der Waals surface area (Å²) < 4.78 is 5.01. The van der Waals surface area contributed by atoms with Crippen LogP contribution in [-0.4, -0.2) is 54.1 Å². The Kier molecular flexibility index (Phi) is 6.01. The summed E-state index contributed by atoms with van der Waals surface area (Å²) in [5, 5.41) is 2.81. The molecule has 1 aromatic heterocycles. The molecule has 1 heterocycles. The van der Waals surface area contributed by atoms with E-state index in [-0.39, 0.29) is 23.3 Å². The van der Waals surface area contributed by atoms with E-state index in [0.29, 0.717) is 6.54 Å². The fourth-order valence-electron chi connectivity index (χ4n) is 1.65. The number of carbonyl (C=O) groups is 1. The molecular formula is C12H21N5O2. The molecule has 1 rings (SSSR count). The second-order valence-corrected chi connectivity index (χ2v) is 3.93. The van der Waals surface area contributed by atoms with Crippen LogP contribution in [0.15, 0.2) is 6.20 Å². The lowest BCUT2D eigenvalue weighted by Gasteiger charge is -2.18. The number of nitrogens with one attached hydrogen (secondary N) is 1. The number of likely N-dealkylation sites (N-methyl/N-ethyl adjacent to an activating group) is 1. The Hall–Kier alpha value is -1.89. The average molecular weight is 267 g/mol. The van der Waals surface area contributed by atoms with E-state index in [9.17, 15) is 4.79 Å². The maximum Gasteiger partial charge on any atom is 0.258 e. The van der Waals surface area contributed by atoms with E-state index >= 15 is 0 Å². The molecule has 3 N–H and O–H groups in total. The van der Waals surface area contributed by atoms with Crippen LogP contribution < -0.4 is 15.8 Å². The number of amides is 1. The topological polar surface area (TPSA) is 93.4 Å². The summed E-state index contributed by atoms with van der Waals surface area (Å²) in [5.41, 5.74) is 5.73. The van der Waals surface area contributed by atoms with Crippen LogP contribution in [0.5, 0.6) is 5.88 Å². The molecule has 0 saturated carbocycles. The number of ether oxygens (including phenoxy) is 1. The van der Waals surface area contributed by atoms with Gasteiger partial charge in [-0.25, -0.2) is 4.98 Å². The third kappa shape index (κ3) is 4.36. The molecule has 0 fully saturated rings. The zero-order chi connectivity index (χ0) is 14.3. The number of nitrogens with zero attached hydrogens (tertiary/aromatic N) is 3. The van der Waals surface area contributed by atoms with Gasteiger partial charge >= 0.3 is 0 Å². The van der Waals surface area contributed by atoms with Crippen molar-refractivity contribution in [2.45, 2.75) is 13.8 Å². The van der Waals surface area contributed by atoms with Crippen LogP contribution >= 0.6 is 0 Å². The largest absolute Gasteiger partial charge is 0.480 e. The molecule has 0 spiro atoms. The van der Waals surface area contributed by atoms with Crippen molar-refractivity contribution >= 4 is 11.9 Å². The van der Waals surface area contributed by atoms with E-state index in [1.165, 1.54) is 13.3 Å². The highest BCUT2D eigenvalue weighted by Gasteiger charge is 2.14. The molecule has 0 radical (unpaired) electrons. The number of nitrogens with two attached hydrogens (primary N) is 1. The van der Waals surface area contributed by atoms with E-state index < -0.39 is 0 Å². The zero-order valence-corrected chi connectivity index (χ0v) is 11.6. The first-order valence-corrected chi connectivity index (χ1v) is 6.29. The summed E-state index contributed by atoms with van der Waals surface area (Å²) in [6.07, 6.45) is 1.37. The van der Waals surface area contributed by atoms with E-state index in [4.69, 9.17) is 10.5 Å². The van der Waals surface area contributed by atoms with Gasteiger partial charge in [-0.1, -0.05) is 13.8 Å². The smallest absolute Gasteiger partial charge is 0.258 e. The zero-order valence-electron chi connectivity index (χ0n) is 11.6. The first-order chi connectivity index (χ1) is 9.12. The van der Waals surface area contributed by atoms with Gasteiger partial charge in [-0.05, 0) is 13.1 Å². The van der Waals surface area contributed by atoms with E-state index in [1.807, 2.05) is 0 Å². The summed E-state index contributed by atoms with van der Waals surface area (Å²) in [5.74, 6) is 0.00777. The van der Waals surface area contributed by atoms with Gasteiger partial charge in [0.1, 0.15) is 5.56 Å². The highest BCUT2D eigenvalue weighted by Crippen LogP contribution is 2.14. The highest BCUT2D eigenvalue weighted by atomic mass is 16.5. The Labute approximate surface area is 113 Å². The first-order valence-electron chi connectivity index (χ1n) is 6.29. The molecule has 0 atom stereocenters. The van der Waals surface area contributed by atoms with Crippen molar-refractivity contribution in [2.75, 3.05) is 39.0 Å². The number of rotatable bonds is 7. The summed E-state index contributed by atoms with van der Waals surface area (Å²) in [4.78, 5) is 21.8. The van der Waals surface area contributed by atoms with Gasteiger partial charge in [0.25, 0.3) is 5.91 Å². The normalized spacial score (nSPS) is 10.5. The third-order valence-corrected chi connectivity index (χ3v) is 2.82. The average Bonchev–Trinajstić information content (AvgIpc) is 2.43. The minimum Gasteiger partial charge on any atom is -0.480 e. The van der Waals surface area contributed by atoms with Gasteiger partial charge in [-0.2, -0.15) is 4.98 Å². The van der Waals surface area contributed by atoms with Crippen molar-refractivity contribution in [3.8, 4) is 5.88 Å². The Bertz CT molecular complexity index is 421. The van der Waals surface area contributed by atoms with Crippen molar-refractivity contribution < 1.29 is 9.53 Å². The van der Waals surface area contributed by atoms with E-state index in [2.05, 4.69) is 34.0 Å². The number of nitrogen functional groups attached to an aromatic ring is 1. The summed E-state index contributed by atoms with van der Waals surface area (Å²) in [7, 11) is 1.44. The predicted octanol–water partition coefficient (Wildman–Crippen LogP) is 0.139. The molecule has 7 nitrogen and oxygen atoms in total. The molecule has 1 amide bonds. The molecule has 106 valence electrons. The molecule has 0 aliphatic rings. The van der Waals surface area contributed by atoms with Gasteiger partial charge in [-0.15, -0.1) is 0 Å². The van der Waals surface area contributed by atoms with Gasteiger partial charge < -0.3 is 20.7 Å². The van der Waals surface area contributed by atoms with Gasteiger partial charge in [-0.3, -0.25) is 4.79 Å². The number of methoxy groups -OCH3 is 1. The van der Waals surface area contributed by atoms with Crippen molar-refractivity contribution in [1.29, 1.82) is 0 Å². The lowest BCUT2D eigenvalue weighted by Crippen LogP contribution is -2.35. The molecule has 0 aliphatic carbocycles. The van der Waals surface area contributed by atoms with Crippen LogP contribution in [0, 0.1) is 0 Å². The molecule has 0 bridgehead atoms. The summed E-state index contributed by atoms with van der Waals surface area (Å²) in [6, 6.07) is 0. The Morgan fingerprint density at radius 1 is 1.47 bits per heavy atom. The fraction of sp³-hybridized carbons (Fsp3) is 0.583. The Morgan fingerprint density at radius 2 is 2.16 bits per heavy atom. The van der Waals surface area contributed by atoms with Gasteiger partial charge in [0.05, 0.1) is 7.11 Å². The van der Waals surface area contributed by atoms with Crippen molar-refractivity contribution in [3.05, 3.63) is 11.8 Å². The Balaban J connectivity index is 2.58. The highest BCUT2D eigenvalue weighted by molar-refractivity contribution is 5.96. The van der Waals surface area contributed by atoms with Crippen LogP contribution in [0.3, 0.4) is 0 Å². The van der Waals surface area contributed by atoms with Gasteiger partial charge in [0, 0.05) is 19.3 Å². The van der Waals surface area contributed by atoms with Crippen LogP contribution in [0.2, 0.25) is 0 Å². The molecule has 7 heteroatoms. The van der Waals surface area contributed by atoms with Crippen molar-refractivity contribution in [3.63, 3.8) is 0 Å². The Morgan fingerprint density at radius 3 is 2.74 bits per heavy atom. The number of hydrogen-bond donors (Lipinski definition) is 2. The maximum atomic E-state index is 12.0. The molecule has 0 unspecified atom stereocenters. The van der Waals surface area contributed by atoms with E-state index in [0.717, 1.165) is 19.6 Å². The van der Waals surface area contributed by atoms with Crippen LogP contribution in [0.1, 0.15) is 24.2 Å². The van der Waals surface area contributed by atoms with Crippen molar-refractivity contribution in [2.24, 2.45) is 0 Å². The van der Waals surface area contributed by atoms with Crippen molar-refractivity contribution in [1.82, 2.24) is 20.2 Å². The number of carbonyl (C=O) groups excluding carboxylic acids is 1. The minimum absolute atomic E-state index is 0.0801. The fourth-order valence-corrected chi connectivity index (χ4v) is 1.65. The third-order valence-electron chi connectivity index (χ3n) is 2.82. The SMILES string of the molecule is CCN(CC)CCNC(=O)c1cnc(N)nc1OC. The lowest BCUT2D eigenvalue weighted by molar-refractivity contribution is 0.0944. The summed E-state index contributed by atoms with van der Waals surface area (Å²) >= 11 is 0. The molecule has 19 heavy (non-hydrogen) atoms. The second kappa shape index (κ2) is 7.52. The van der Waals surface area contributed by atoms with Gasteiger partial charge in [0.15, 0.2) is 0 Å². The minimum atomic E-state index is -0.260. The molecule has 1 aromatic rings. The molecular weight excluding hydrogens is 246 g/mol. The number of anilines is 1. The monoisotopic (exact) mass is 267 g/mol. The molecule has 0 aliphatic heterocycles. The van der Waals surface area contributed by atoms with Gasteiger partial charge in [0.2, 0.25) is 11.8 Å².